The van der Waals surface area contributed by atoms with Gasteiger partial charge in [0.05, 0.1) is 12.6 Å². The highest BCUT2D eigenvalue weighted by molar-refractivity contribution is 5.83. The maximum atomic E-state index is 15.5. The van der Waals surface area contributed by atoms with Crippen LogP contribution in [0.15, 0.2) is 48.9 Å². The molecule has 0 radical (unpaired) electrons. The zero-order chi connectivity index (χ0) is 25.3. The number of hydrogen-bond donors (Lipinski definition) is 1. The number of rotatable bonds is 12. The Morgan fingerprint density at radius 2 is 2.00 bits per heavy atom. The smallest absolute Gasteiger partial charge is 0.303 e. The van der Waals surface area contributed by atoms with Crippen LogP contribution in [0.25, 0.3) is 10.9 Å². The summed E-state index contributed by atoms with van der Waals surface area (Å²) in [4.78, 5) is 26.6. The molecular formula is C28H35FN4O3. The summed E-state index contributed by atoms with van der Waals surface area (Å²) in [5.41, 5.74) is 1.39. The van der Waals surface area contributed by atoms with Gasteiger partial charge in [0, 0.05) is 43.4 Å². The molecule has 2 unspecified atom stereocenters. The number of pyridine rings is 1. The number of ether oxygens (including phenoxy) is 1. The number of aliphatic carboxylic acids is 1. The number of aryl methyl sites for hydroxylation is 1. The summed E-state index contributed by atoms with van der Waals surface area (Å²) in [5, 5.41) is 10.1. The molecule has 192 valence electrons. The van der Waals surface area contributed by atoms with E-state index in [2.05, 4.69) is 19.9 Å². The number of carboxylic acids is 1. The van der Waals surface area contributed by atoms with Crippen molar-refractivity contribution in [2.75, 3.05) is 26.7 Å². The third-order valence-corrected chi connectivity index (χ3v) is 7.31. The minimum Gasteiger partial charge on any atom is -0.497 e. The Balaban J connectivity index is 1.35. The first kappa shape index (κ1) is 25.9. The van der Waals surface area contributed by atoms with Crippen molar-refractivity contribution in [2.45, 2.75) is 51.1 Å². The van der Waals surface area contributed by atoms with Crippen LogP contribution in [-0.4, -0.2) is 57.7 Å². The second kappa shape index (κ2) is 12.7. The van der Waals surface area contributed by atoms with Gasteiger partial charge in [-0.1, -0.05) is 0 Å². The average Bonchev–Trinajstić information content (AvgIpc) is 2.91. The number of benzene rings is 1. The largest absolute Gasteiger partial charge is 0.497 e. The monoisotopic (exact) mass is 494 g/mol. The number of methoxy groups -OCH3 is 1. The highest BCUT2D eigenvalue weighted by atomic mass is 19.1. The van der Waals surface area contributed by atoms with Gasteiger partial charge in [0.2, 0.25) is 0 Å². The minimum absolute atomic E-state index is 0.153. The standard InChI is InChI=1S/C28H35FN4O3/c1-36-22-7-9-26-24(18-22)23(11-15-30-26)25(29)8-5-20-12-17-33(19-21(20)6-10-28(34)35)16-2-4-27-31-13-3-14-32-27/h3,7,9,11,13-15,18,20-21,25H,2,4-6,8,10,12,16-17,19H2,1H3,(H,34,35)/t20?,21?,25-/m0/s1. The molecule has 36 heavy (non-hydrogen) atoms. The van der Waals surface area contributed by atoms with Crippen LogP contribution in [0.4, 0.5) is 4.39 Å². The number of nitrogens with zero attached hydrogens (tertiary/aromatic N) is 4. The molecule has 3 atom stereocenters. The number of aromatic nitrogens is 3. The van der Waals surface area contributed by atoms with Crippen molar-refractivity contribution < 1.29 is 19.0 Å². The zero-order valence-corrected chi connectivity index (χ0v) is 20.9. The average molecular weight is 495 g/mol. The minimum atomic E-state index is -1.10. The lowest BCUT2D eigenvalue weighted by molar-refractivity contribution is -0.137. The Morgan fingerprint density at radius 1 is 1.17 bits per heavy atom. The Kier molecular flexibility index (Phi) is 9.17. The van der Waals surface area contributed by atoms with Gasteiger partial charge in [0.25, 0.3) is 0 Å². The van der Waals surface area contributed by atoms with Crippen LogP contribution in [0.3, 0.4) is 0 Å². The van der Waals surface area contributed by atoms with E-state index in [-0.39, 0.29) is 12.3 Å². The SMILES string of the molecule is COc1ccc2nccc([C@@H](F)CCC3CCN(CCCc4ncccn4)CC3CCC(=O)O)c2c1. The van der Waals surface area contributed by atoms with Crippen molar-refractivity contribution in [1.29, 1.82) is 0 Å². The molecule has 1 fully saturated rings. The van der Waals surface area contributed by atoms with Crippen molar-refractivity contribution in [3.05, 3.63) is 60.3 Å². The van der Waals surface area contributed by atoms with Crippen molar-refractivity contribution in [3.63, 3.8) is 0 Å². The van der Waals surface area contributed by atoms with E-state index in [1.54, 1.807) is 31.8 Å². The molecule has 8 heteroatoms. The van der Waals surface area contributed by atoms with Gasteiger partial charge in [-0.25, -0.2) is 14.4 Å². The van der Waals surface area contributed by atoms with Crippen molar-refractivity contribution >= 4 is 16.9 Å². The van der Waals surface area contributed by atoms with Crippen LogP contribution in [0.1, 0.15) is 56.1 Å². The Labute approximate surface area is 211 Å². The number of hydrogen-bond acceptors (Lipinski definition) is 6. The second-order valence-corrected chi connectivity index (χ2v) is 9.64. The lowest BCUT2D eigenvalue weighted by Crippen LogP contribution is -2.41. The predicted molar refractivity (Wildman–Crippen MR) is 137 cm³/mol. The molecule has 1 aromatic carbocycles. The number of carboxylic acid groups (broad SMARTS) is 1. The van der Waals surface area contributed by atoms with Crippen LogP contribution in [0, 0.1) is 11.8 Å². The molecule has 0 saturated carbocycles. The fourth-order valence-corrected chi connectivity index (χ4v) is 5.36. The van der Waals surface area contributed by atoms with Gasteiger partial charge < -0.3 is 14.7 Å². The van der Waals surface area contributed by atoms with Crippen LogP contribution < -0.4 is 4.74 Å². The van der Waals surface area contributed by atoms with E-state index in [1.165, 1.54) is 0 Å². The number of carbonyl (C=O) groups is 1. The molecule has 1 aliphatic heterocycles. The van der Waals surface area contributed by atoms with Gasteiger partial charge in [0.15, 0.2) is 0 Å². The van der Waals surface area contributed by atoms with E-state index < -0.39 is 12.1 Å². The Bertz CT molecular complexity index is 1130. The summed E-state index contributed by atoms with van der Waals surface area (Å²) < 4.78 is 20.8. The van der Waals surface area contributed by atoms with Crippen molar-refractivity contribution in [3.8, 4) is 5.75 Å². The summed E-state index contributed by atoms with van der Waals surface area (Å²) in [6, 6.07) is 9.11. The summed E-state index contributed by atoms with van der Waals surface area (Å²) >= 11 is 0. The lowest BCUT2D eigenvalue weighted by Gasteiger charge is -2.39. The first-order valence-corrected chi connectivity index (χ1v) is 12.8. The summed E-state index contributed by atoms with van der Waals surface area (Å²) in [6.45, 7) is 2.75. The highest BCUT2D eigenvalue weighted by Gasteiger charge is 2.30. The van der Waals surface area contributed by atoms with Gasteiger partial charge in [-0.05, 0) is 92.9 Å². The normalized spacial score (nSPS) is 19.3. The third kappa shape index (κ3) is 6.97. The number of piperidine rings is 1. The maximum Gasteiger partial charge on any atom is 0.303 e. The van der Waals surface area contributed by atoms with Crippen molar-refractivity contribution in [1.82, 2.24) is 19.9 Å². The molecule has 1 aliphatic rings. The molecule has 0 aliphatic carbocycles. The molecule has 7 nitrogen and oxygen atoms in total. The molecule has 2 aromatic heterocycles. The van der Waals surface area contributed by atoms with E-state index in [0.717, 1.165) is 62.0 Å². The van der Waals surface area contributed by atoms with E-state index in [9.17, 15) is 9.90 Å². The first-order chi connectivity index (χ1) is 17.5. The zero-order valence-electron chi connectivity index (χ0n) is 20.9. The number of fused-ring (bicyclic) bond motifs is 1. The molecule has 3 heterocycles. The summed E-state index contributed by atoms with van der Waals surface area (Å²) in [7, 11) is 1.60. The first-order valence-electron chi connectivity index (χ1n) is 12.8. The number of halogens is 1. The Morgan fingerprint density at radius 3 is 2.78 bits per heavy atom. The maximum absolute atomic E-state index is 15.5. The fourth-order valence-electron chi connectivity index (χ4n) is 5.36. The molecule has 1 N–H and O–H groups in total. The fraction of sp³-hybridized carbons (Fsp3) is 0.500. The summed E-state index contributed by atoms with van der Waals surface area (Å²) in [5.74, 6) is 1.34. The van der Waals surface area contributed by atoms with Gasteiger partial charge in [-0.15, -0.1) is 0 Å². The van der Waals surface area contributed by atoms with Crippen LogP contribution >= 0.6 is 0 Å². The van der Waals surface area contributed by atoms with Crippen LogP contribution in [0.2, 0.25) is 0 Å². The third-order valence-electron chi connectivity index (χ3n) is 7.31. The van der Waals surface area contributed by atoms with E-state index in [1.807, 2.05) is 24.3 Å². The van der Waals surface area contributed by atoms with E-state index in [4.69, 9.17) is 4.74 Å². The molecule has 0 bridgehead atoms. The predicted octanol–water partition coefficient (Wildman–Crippen LogP) is 5.26. The second-order valence-electron chi connectivity index (χ2n) is 9.64. The topological polar surface area (TPSA) is 88.4 Å². The van der Waals surface area contributed by atoms with Gasteiger partial charge in [-0.2, -0.15) is 0 Å². The van der Waals surface area contributed by atoms with Crippen molar-refractivity contribution in [2.24, 2.45) is 11.8 Å². The molecule has 4 rings (SSSR count). The van der Waals surface area contributed by atoms with Gasteiger partial charge >= 0.3 is 5.97 Å². The van der Waals surface area contributed by atoms with Gasteiger partial charge in [-0.3, -0.25) is 9.78 Å². The van der Waals surface area contributed by atoms with E-state index in [0.29, 0.717) is 30.1 Å². The van der Waals surface area contributed by atoms with E-state index >= 15 is 4.39 Å². The van der Waals surface area contributed by atoms with Crippen LogP contribution in [0.5, 0.6) is 5.75 Å². The van der Waals surface area contributed by atoms with Gasteiger partial charge in [0.1, 0.15) is 17.7 Å². The number of alkyl halides is 1. The highest BCUT2D eigenvalue weighted by Crippen LogP contribution is 2.36. The Hall–Kier alpha value is -3.13. The molecule has 0 spiro atoms. The van der Waals surface area contributed by atoms with Crippen LogP contribution in [-0.2, 0) is 11.2 Å². The number of likely N-dealkylation sites (tertiary alicyclic amines) is 1. The summed E-state index contributed by atoms with van der Waals surface area (Å²) in [6.07, 6.45) is 8.77. The lowest BCUT2D eigenvalue weighted by atomic mass is 9.79. The molecule has 0 amide bonds. The quantitative estimate of drug-likeness (QED) is 0.367. The molecular weight excluding hydrogens is 459 g/mol. The molecule has 3 aromatic rings. The molecule has 1 saturated heterocycles.